The van der Waals surface area contributed by atoms with E-state index in [0.29, 0.717) is 12.8 Å². The SMILES string of the molecule is COC1CC(C)(C(=O)OF)CC(OC)C1OC. The van der Waals surface area contributed by atoms with Gasteiger partial charge in [-0.1, -0.05) is 0 Å². The molecule has 100 valence electrons. The monoisotopic (exact) mass is 250 g/mol. The Balaban J connectivity index is 2.91. The summed E-state index contributed by atoms with van der Waals surface area (Å²) in [7, 11) is 4.60. The van der Waals surface area contributed by atoms with E-state index in [4.69, 9.17) is 14.2 Å². The van der Waals surface area contributed by atoms with E-state index in [1.165, 1.54) is 14.2 Å². The molecule has 2 atom stereocenters. The van der Waals surface area contributed by atoms with Gasteiger partial charge in [-0.25, -0.2) is 4.79 Å². The Hall–Kier alpha value is -0.720. The van der Waals surface area contributed by atoms with Crippen molar-refractivity contribution in [3.63, 3.8) is 0 Å². The molecule has 1 aliphatic carbocycles. The van der Waals surface area contributed by atoms with Crippen molar-refractivity contribution in [2.24, 2.45) is 5.41 Å². The summed E-state index contributed by atoms with van der Waals surface area (Å²) in [6.07, 6.45) is -0.258. The zero-order valence-corrected chi connectivity index (χ0v) is 10.6. The highest BCUT2D eigenvalue weighted by atomic mass is 19.3. The molecule has 1 rings (SSSR count). The average molecular weight is 250 g/mol. The van der Waals surface area contributed by atoms with Gasteiger partial charge in [-0.3, -0.25) is 4.94 Å². The Labute approximate surface area is 100 Å². The molecule has 0 aromatic rings. The molecule has 1 fully saturated rings. The highest BCUT2D eigenvalue weighted by Crippen LogP contribution is 2.40. The van der Waals surface area contributed by atoms with Gasteiger partial charge in [0.05, 0.1) is 17.6 Å². The lowest BCUT2D eigenvalue weighted by Crippen LogP contribution is -2.53. The number of ether oxygens (including phenoxy) is 3. The van der Waals surface area contributed by atoms with Crippen molar-refractivity contribution in [1.29, 1.82) is 0 Å². The topological polar surface area (TPSA) is 54.0 Å². The first-order valence-electron chi connectivity index (χ1n) is 5.43. The minimum absolute atomic E-state index is 0.273. The van der Waals surface area contributed by atoms with Gasteiger partial charge in [0.15, 0.2) is 0 Å². The Bertz CT molecular complexity index is 257. The first kappa shape index (κ1) is 14.3. The van der Waals surface area contributed by atoms with Crippen molar-refractivity contribution in [3.05, 3.63) is 0 Å². The third-order valence-electron chi connectivity index (χ3n) is 3.48. The first-order valence-corrected chi connectivity index (χ1v) is 5.43. The van der Waals surface area contributed by atoms with Crippen LogP contribution in [0.2, 0.25) is 0 Å². The molecular formula is C11H19FO5. The molecule has 0 saturated heterocycles. The van der Waals surface area contributed by atoms with Gasteiger partial charge in [-0.05, 0) is 19.8 Å². The fourth-order valence-electron chi connectivity index (χ4n) is 2.44. The van der Waals surface area contributed by atoms with Gasteiger partial charge in [0.1, 0.15) is 6.10 Å². The number of methoxy groups -OCH3 is 3. The van der Waals surface area contributed by atoms with Gasteiger partial charge in [0, 0.05) is 25.9 Å². The molecule has 1 saturated carbocycles. The summed E-state index contributed by atoms with van der Waals surface area (Å²) in [5.41, 5.74) is -0.953. The first-order chi connectivity index (χ1) is 8.02. The second kappa shape index (κ2) is 5.75. The molecule has 0 spiro atoms. The van der Waals surface area contributed by atoms with Gasteiger partial charge in [-0.15, -0.1) is 0 Å². The Morgan fingerprint density at radius 2 is 1.59 bits per heavy atom. The summed E-state index contributed by atoms with van der Waals surface area (Å²) in [4.78, 5) is 14.8. The highest BCUT2D eigenvalue weighted by molar-refractivity contribution is 5.76. The third-order valence-corrected chi connectivity index (χ3v) is 3.48. The zero-order valence-electron chi connectivity index (χ0n) is 10.6. The van der Waals surface area contributed by atoms with Crippen LogP contribution < -0.4 is 0 Å². The lowest BCUT2D eigenvalue weighted by atomic mass is 9.72. The van der Waals surface area contributed by atoms with E-state index in [1.54, 1.807) is 14.0 Å². The minimum Gasteiger partial charge on any atom is -0.379 e. The smallest absolute Gasteiger partial charge is 0.354 e. The van der Waals surface area contributed by atoms with Gasteiger partial charge in [0.2, 0.25) is 0 Å². The van der Waals surface area contributed by atoms with E-state index in [9.17, 15) is 9.32 Å². The van der Waals surface area contributed by atoms with E-state index >= 15 is 0 Å². The summed E-state index contributed by atoms with van der Waals surface area (Å²) in [5, 5.41) is 0. The lowest BCUT2D eigenvalue weighted by Gasteiger charge is -2.43. The van der Waals surface area contributed by atoms with E-state index in [1.807, 2.05) is 0 Å². The molecule has 0 aliphatic heterocycles. The number of carbonyl (C=O) groups excluding carboxylic acids is 1. The van der Waals surface area contributed by atoms with Crippen molar-refractivity contribution in [2.45, 2.75) is 38.1 Å². The molecule has 1 aliphatic rings. The van der Waals surface area contributed by atoms with Gasteiger partial charge >= 0.3 is 5.97 Å². The summed E-state index contributed by atoms with van der Waals surface area (Å²) in [6.45, 7) is 1.64. The third kappa shape index (κ3) is 2.75. The Morgan fingerprint density at radius 1 is 1.12 bits per heavy atom. The number of hydrogen-bond donors (Lipinski definition) is 0. The van der Waals surface area contributed by atoms with Crippen molar-refractivity contribution in [1.82, 2.24) is 0 Å². The minimum atomic E-state index is -0.953. The number of halogens is 1. The number of rotatable bonds is 4. The van der Waals surface area contributed by atoms with Crippen LogP contribution in [-0.2, 0) is 23.9 Å². The average Bonchev–Trinajstić information content (AvgIpc) is 2.36. The Kier molecular flexibility index (Phi) is 4.85. The summed E-state index contributed by atoms with van der Waals surface area (Å²) in [6, 6.07) is 0. The van der Waals surface area contributed by atoms with Crippen LogP contribution in [0, 0.1) is 5.41 Å². The zero-order chi connectivity index (χ0) is 13.1. The molecule has 5 nitrogen and oxygen atoms in total. The quantitative estimate of drug-likeness (QED) is 0.751. The fraction of sp³-hybridized carbons (Fsp3) is 0.909. The predicted octanol–water partition coefficient (Wildman–Crippen LogP) is 1.26. The largest absolute Gasteiger partial charge is 0.379 e. The van der Waals surface area contributed by atoms with Crippen LogP contribution in [0.3, 0.4) is 0 Å². The van der Waals surface area contributed by atoms with E-state index < -0.39 is 11.4 Å². The summed E-state index contributed by atoms with van der Waals surface area (Å²) >= 11 is 0. The molecular weight excluding hydrogens is 231 g/mol. The van der Waals surface area contributed by atoms with Crippen LogP contribution in [0.25, 0.3) is 0 Å². The van der Waals surface area contributed by atoms with E-state index in [-0.39, 0.29) is 18.3 Å². The summed E-state index contributed by atoms with van der Waals surface area (Å²) < 4.78 is 28.0. The molecule has 6 heteroatoms. The Morgan fingerprint density at radius 3 is 1.88 bits per heavy atom. The molecule has 0 aromatic carbocycles. The van der Waals surface area contributed by atoms with Crippen molar-refractivity contribution >= 4 is 5.97 Å². The van der Waals surface area contributed by atoms with Crippen molar-refractivity contribution < 1.29 is 28.5 Å². The number of hydrogen-bond acceptors (Lipinski definition) is 5. The standard InChI is InChI=1S/C11H19FO5/c1-11(10(13)17-12)5-7(14-2)9(16-4)8(6-11)15-3/h7-9H,5-6H2,1-4H3. The molecule has 2 unspecified atom stereocenters. The van der Waals surface area contributed by atoms with Crippen molar-refractivity contribution in [3.8, 4) is 0 Å². The fourth-order valence-corrected chi connectivity index (χ4v) is 2.44. The molecule has 0 heterocycles. The van der Waals surface area contributed by atoms with Gasteiger partial charge in [-0.2, -0.15) is 0 Å². The molecule has 0 bridgehead atoms. The van der Waals surface area contributed by atoms with Gasteiger partial charge in [0.25, 0.3) is 0 Å². The van der Waals surface area contributed by atoms with E-state index in [0.717, 1.165) is 0 Å². The molecule has 0 amide bonds. The van der Waals surface area contributed by atoms with Crippen molar-refractivity contribution in [2.75, 3.05) is 21.3 Å². The van der Waals surface area contributed by atoms with Gasteiger partial charge < -0.3 is 14.2 Å². The van der Waals surface area contributed by atoms with Crippen LogP contribution >= 0.6 is 0 Å². The second-order valence-electron chi connectivity index (χ2n) is 4.58. The number of carbonyl (C=O) groups is 1. The molecule has 0 radical (unpaired) electrons. The second-order valence-corrected chi connectivity index (χ2v) is 4.58. The summed E-state index contributed by atoms with van der Waals surface area (Å²) in [5.74, 6) is -0.892. The van der Waals surface area contributed by atoms with Crippen LogP contribution in [0.1, 0.15) is 19.8 Å². The normalized spacial score (nSPS) is 37.8. The van der Waals surface area contributed by atoms with Crippen LogP contribution in [0.4, 0.5) is 4.53 Å². The van der Waals surface area contributed by atoms with Crippen LogP contribution in [-0.4, -0.2) is 45.6 Å². The lowest BCUT2D eigenvalue weighted by molar-refractivity contribution is -0.212. The predicted molar refractivity (Wildman–Crippen MR) is 56.9 cm³/mol. The maximum absolute atomic E-state index is 12.1. The van der Waals surface area contributed by atoms with Crippen LogP contribution in [0.5, 0.6) is 0 Å². The highest BCUT2D eigenvalue weighted by Gasteiger charge is 2.49. The molecule has 0 aromatic heterocycles. The maximum atomic E-state index is 12.1. The van der Waals surface area contributed by atoms with Crippen LogP contribution in [0.15, 0.2) is 0 Å². The molecule has 17 heavy (non-hydrogen) atoms. The maximum Gasteiger partial charge on any atom is 0.354 e. The van der Waals surface area contributed by atoms with E-state index in [2.05, 4.69) is 4.94 Å². The molecule has 0 N–H and O–H groups in total.